The van der Waals surface area contributed by atoms with Gasteiger partial charge in [-0.2, -0.15) is 0 Å². The highest BCUT2D eigenvalue weighted by molar-refractivity contribution is 9.10. The molecule has 1 N–H and O–H groups in total. The maximum absolute atomic E-state index is 10.0. The second-order valence-corrected chi connectivity index (χ2v) is 4.89. The maximum Gasteiger partial charge on any atom is 0.133 e. The summed E-state index contributed by atoms with van der Waals surface area (Å²) in [7, 11) is 1.61. The normalized spacial score (nSPS) is 11.9. The summed E-state index contributed by atoms with van der Waals surface area (Å²) in [5.74, 6) is 1.43. The van der Waals surface area contributed by atoms with Crippen molar-refractivity contribution < 1.29 is 14.6 Å². The molecule has 0 saturated carbocycles. The summed E-state index contributed by atoms with van der Waals surface area (Å²) in [5.41, 5.74) is 0.840. The number of rotatable bonds is 5. The van der Waals surface area contributed by atoms with E-state index in [9.17, 15) is 5.11 Å². The molecule has 0 bridgehead atoms. The number of halogens is 1. The Bertz CT molecular complexity index is 528. The van der Waals surface area contributed by atoms with Crippen LogP contribution in [0.2, 0.25) is 0 Å². The Labute approximate surface area is 120 Å². The van der Waals surface area contributed by atoms with Gasteiger partial charge in [0.1, 0.15) is 24.2 Å². The fraction of sp³-hybridized carbons (Fsp3) is 0.200. The Morgan fingerprint density at radius 2 is 1.89 bits per heavy atom. The zero-order chi connectivity index (χ0) is 13.7. The van der Waals surface area contributed by atoms with Crippen LogP contribution in [-0.4, -0.2) is 18.8 Å². The summed E-state index contributed by atoms with van der Waals surface area (Å²) in [6.07, 6.45) is -0.643. The van der Waals surface area contributed by atoms with E-state index >= 15 is 0 Å². The molecule has 0 fully saturated rings. The topological polar surface area (TPSA) is 38.7 Å². The second kappa shape index (κ2) is 6.59. The first-order valence-electron chi connectivity index (χ1n) is 5.90. The molecule has 2 aromatic carbocycles. The van der Waals surface area contributed by atoms with Gasteiger partial charge in [0.05, 0.1) is 11.6 Å². The first-order valence-corrected chi connectivity index (χ1v) is 6.69. The fourth-order valence-corrected chi connectivity index (χ4v) is 2.14. The molecule has 19 heavy (non-hydrogen) atoms. The number of hydrogen-bond donors (Lipinski definition) is 1. The van der Waals surface area contributed by atoms with E-state index in [4.69, 9.17) is 9.47 Å². The fourth-order valence-electron chi connectivity index (χ4n) is 1.67. The number of hydrogen-bond acceptors (Lipinski definition) is 3. The predicted octanol–water partition coefficient (Wildman–Crippen LogP) is 3.57. The Morgan fingerprint density at radius 1 is 1.16 bits per heavy atom. The first-order chi connectivity index (χ1) is 9.20. The van der Waals surface area contributed by atoms with E-state index in [1.807, 2.05) is 42.5 Å². The number of aliphatic hydroxyl groups excluding tert-OH is 1. The van der Waals surface area contributed by atoms with Crippen LogP contribution in [0.5, 0.6) is 11.5 Å². The van der Waals surface area contributed by atoms with E-state index in [-0.39, 0.29) is 6.61 Å². The average molecular weight is 323 g/mol. The molecule has 1 atom stereocenters. The quantitative estimate of drug-likeness (QED) is 0.914. The van der Waals surface area contributed by atoms with Gasteiger partial charge in [-0.15, -0.1) is 0 Å². The van der Waals surface area contributed by atoms with Crippen LogP contribution in [0, 0.1) is 0 Å². The van der Waals surface area contributed by atoms with Crippen LogP contribution in [0.1, 0.15) is 11.7 Å². The van der Waals surface area contributed by atoms with Crippen molar-refractivity contribution in [2.24, 2.45) is 0 Å². The highest BCUT2D eigenvalue weighted by atomic mass is 79.9. The van der Waals surface area contributed by atoms with Crippen molar-refractivity contribution in [1.29, 1.82) is 0 Å². The molecule has 0 heterocycles. The molecule has 3 nitrogen and oxygen atoms in total. The Kier molecular flexibility index (Phi) is 4.82. The summed E-state index contributed by atoms with van der Waals surface area (Å²) in [4.78, 5) is 0. The van der Waals surface area contributed by atoms with Crippen molar-refractivity contribution in [3.63, 3.8) is 0 Å². The van der Waals surface area contributed by atoms with Crippen LogP contribution in [0.25, 0.3) is 0 Å². The minimum absolute atomic E-state index is 0.203. The van der Waals surface area contributed by atoms with Gasteiger partial charge in [0, 0.05) is 0 Å². The SMILES string of the molecule is COc1ccc(OCC(O)c2ccccc2)c(Br)c1. The first kappa shape index (κ1) is 13.9. The Balaban J connectivity index is 1.99. The molecule has 0 saturated heterocycles. The second-order valence-electron chi connectivity index (χ2n) is 4.03. The van der Waals surface area contributed by atoms with Gasteiger partial charge in [-0.1, -0.05) is 30.3 Å². The zero-order valence-electron chi connectivity index (χ0n) is 10.5. The van der Waals surface area contributed by atoms with Crippen molar-refractivity contribution in [3.8, 4) is 11.5 Å². The van der Waals surface area contributed by atoms with Gasteiger partial charge in [0.2, 0.25) is 0 Å². The molecule has 1 unspecified atom stereocenters. The summed E-state index contributed by atoms with van der Waals surface area (Å²) in [5, 5.41) is 10.0. The van der Waals surface area contributed by atoms with Crippen molar-refractivity contribution in [3.05, 3.63) is 58.6 Å². The molecule has 0 aliphatic heterocycles. The van der Waals surface area contributed by atoms with Gasteiger partial charge < -0.3 is 14.6 Å². The molecular formula is C15H15BrO3. The molecule has 0 aromatic heterocycles. The van der Waals surface area contributed by atoms with Crippen LogP contribution >= 0.6 is 15.9 Å². The Morgan fingerprint density at radius 3 is 2.53 bits per heavy atom. The molecule has 2 aromatic rings. The van der Waals surface area contributed by atoms with Crippen LogP contribution < -0.4 is 9.47 Å². The predicted molar refractivity (Wildman–Crippen MR) is 77.6 cm³/mol. The molecule has 0 amide bonds. The summed E-state index contributed by atoms with van der Waals surface area (Å²) < 4.78 is 11.5. The molecule has 0 radical (unpaired) electrons. The minimum Gasteiger partial charge on any atom is -0.497 e. The minimum atomic E-state index is -0.643. The summed E-state index contributed by atoms with van der Waals surface area (Å²) >= 11 is 3.41. The van der Waals surface area contributed by atoms with E-state index in [0.717, 1.165) is 15.8 Å². The maximum atomic E-state index is 10.0. The molecular weight excluding hydrogens is 308 g/mol. The summed E-state index contributed by atoms with van der Waals surface area (Å²) in [6, 6.07) is 14.9. The van der Waals surface area contributed by atoms with Crippen LogP contribution in [0.15, 0.2) is 53.0 Å². The van der Waals surface area contributed by atoms with Gasteiger partial charge in [-0.05, 0) is 39.7 Å². The third-order valence-electron chi connectivity index (χ3n) is 2.72. The van der Waals surface area contributed by atoms with Crippen molar-refractivity contribution in [2.75, 3.05) is 13.7 Å². The van der Waals surface area contributed by atoms with Gasteiger partial charge in [0.15, 0.2) is 0 Å². The summed E-state index contributed by atoms with van der Waals surface area (Å²) in [6.45, 7) is 0.203. The van der Waals surface area contributed by atoms with E-state index in [1.165, 1.54) is 0 Å². The third kappa shape index (κ3) is 3.72. The van der Waals surface area contributed by atoms with Crippen LogP contribution in [0.4, 0.5) is 0 Å². The van der Waals surface area contributed by atoms with Crippen molar-refractivity contribution in [1.82, 2.24) is 0 Å². The number of benzene rings is 2. The highest BCUT2D eigenvalue weighted by Crippen LogP contribution is 2.29. The smallest absolute Gasteiger partial charge is 0.133 e. The van der Waals surface area contributed by atoms with Gasteiger partial charge in [-0.25, -0.2) is 0 Å². The molecule has 4 heteroatoms. The van der Waals surface area contributed by atoms with Crippen molar-refractivity contribution >= 4 is 15.9 Å². The van der Waals surface area contributed by atoms with Gasteiger partial charge in [0.25, 0.3) is 0 Å². The van der Waals surface area contributed by atoms with Gasteiger partial charge in [-0.3, -0.25) is 0 Å². The third-order valence-corrected chi connectivity index (χ3v) is 3.34. The number of methoxy groups -OCH3 is 1. The molecule has 0 aliphatic carbocycles. The van der Waals surface area contributed by atoms with Crippen LogP contribution in [-0.2, 0) is 0 Å². The lowest BCUT2D eigenvalue weighted by molar-refractivity contribution is 0.108. The molecule has 0 spiro atoms. The lowest BCUT2D eigenvalue weighted by Crippen LogP contribution is -2.09. The number of aliphatic hydroxyl groups is 1. The van der Waals surface area contributed by atoms with Gasteiger partial charge >= 0.3 is 0 Å². The molecule has 2 rings (SSSR count). The number of ether oxygens (including phenoxy) is 2. The monoisotopic (exact) mass is 322 g/mol. The average Bonchev–Trinajstić information content (AvgIpc) is 2.46. The lowest BCUT2D eigenvalue weighted by atomic mass is 10.1. The van der Waals surface area contributed by atoms with E-state index in [0.29, 0.717) is 5.75 Å². The Hall–Kier alpha value is -1.52. The zero-order valence-corrected chi connectivity index (χ0v) is 12.1. The van der Waals surface area contributed by atoms with E-state index < -0.39 is 6.10 Å². The lowest BCUT2D eigenvalue weighted by Gasteiger charge is -2.14. The van der Waals surface area contributed by atoms with E-state index in [1.54, 1.807) is 13.2 Å². The largest absolute Gasteiger partial charge is 0.497 e. The van der Waals surface area contributed by atoms with E-state index in [2.05, 4.69) is 15.9 Å². The highest BCUT2D eigenvalue weighted by Gasteiger charge is 2.09. The standard InChI is InChI=1S/C15H15BrO3/c1-18-12-7-8-15(13(16)9-12)19-10-14(17)11-5-3-2-4-6-11/h2-9,14,17H,10H2,1H3. The van der Waals surface area contributed by atoms with Crippen LogP contribution in [0.3, 0.4) is 0 Å². The molecule has 100 valence electrons. The molecule has 0 aliphatic rings. The van der Waals surface area contributed by atoms with Crippen molar-refractivity contribution in [2.45, 2.75) is 6.10 Å².